The second kappa shape index (κ2) is 9.22. The van der Waals surface area contributed by atoms with E-state index < -0.39 is 0 Å². The van der Waals surface area contributed by atoms with E-state index >= 15 is 0 Å². The van der Waals surface area contributed by atoms with E-state index in [0.29, 0.717) is 35.7 Å². The molecule has 0 amide bonds. The fourth-order valence-electron chi connectivity index (χ4n) is 2.55. The van der Waals surface area contributed by atoms with Crippen molar-refractivity contribution < 1.29 is 18.7 Å². The third kappa shape index (κ3) is 5.22. The monoisotopic (exact) mass is 358 g/mol. The van der Waals surface area contributed by atoms with Crippen LogP contribution in [0.25, 0.3) is 11.0 Å². The van der Waals surface area contributed by atoms with Crippen LogP contribution >= 0.6 is 0 Å². The van der Waals surface area contributed by atoms with Gasteiger partial charge in [-0.2, -0.15) is 0 Å². The van der Waals surface area contributed by atoms with Gasteiger partial charge in [0.25, 0.3) is 0 Å². The van der Waals surface area contributed by atoms with Crippen molar-refractivity contribution in [2.75, 3.05) is 13.2 Å². The lowest BCUT2D eigenvalue weighted by Gasteiger charge is -2.09. The fraction of sp³-hybridized carbons (Fsp3) is 0.429. The molecule has 1 aromatic carbocycles. The standard InChI is InChI=1S/C21H26O5/c1-14(2)20(22)25-12-8-6-5-7-11-24-17-9-10-18-15(3)16(4)21(23)26-19(18)13-17/h9-10,13H,1,5-8,11-12H2,2-4H3. The molecule has 0 atom stereocenters. The molecule has 0 fully saturated rings. The van der Waals surface area contributed by atoms with Gasteiger partial charge in [-0.25, -0.2) is 9.59 Å². The number of aryl methyl sites for hydroxylation is 1. The Morgan fingerprint density at radius 1 is 1.08 bits per heavy atom. The molecule has 0 saturated heterocycles. The molecule has 2 rings (SSSR count). The first-order chi connectivity index (χ1) is 12.4. The van der Waals surface area contributed by atoms with E-state index in [1.165, 1.54) is 0 Å². The van der Waals surface area contributed by atoms with Gasteiger partial charge in [-0.05, 0) is 64.2 Å². The number of unbranched alkanes of at least 4 members (excludes halogenated alkanes) is 3. The van der Waals surface area contributed by atoms with Gasteiger partial charge in [-0.3, -0.25) is 0 Å². The van der Waals surface area contributed by atoms with Crippen molar-refractivity contribution in [1.82, 2.24) is 0 Å². The average Bonchev–Trinajstić information content (AvgIpc) is 2.61. The van der Waals surface area contributed by atoms with Gasteiger partial charge in [0.2, 0.25) is 0 Å². The molecule has 0 unspecified atom stereocenters. The minimum absolute atomic E-state index is 0.306. The number of hydrogen-bond acceptors (Lipinski definition) is 5. The molecule has 0 aliphatic rings. The normalized spacial score (nSPS) is 10.7. The van der Waals surface area contributed by atoms with Crippen LogP contribution in [0, 0.1) is 13.8 Å². The van der Waals surface area contributed by atoms with Gasteiger partial charge < -0.3 is 13.9 Å². The molecule has 0 saturated carbocycles. The van der Waals surface area contributed by atoms with Crippen molar-refractivity contribution in [2.24, 2.45) is 0 Å². The number of hydrogen-bond donors (Lipinski definition) is 0. The summed E-state index contributed by atoms with van der Waals surface area (Å²) in [6, 6.07) is 5.58. The van der Waals surface area contributed by atoms with E-state index in [2.05, 4.69) is 6.58 Å². The summed E-state index contributed by atoms with van der Waals surface area (Å²) in [6.45, 7) is 9.88. The highest BCUT2D eigenvalue weighted by molar-refractivity contribution is 5.86. The number of benzene rings is 1. The smallest absolute Gasteiger partial charge is 0.339 e. The van der Waals surface area contributed by atoms with Gasteiger partial charge in [0.05, 0.1) is 13.2 Å². The first kappa shape index (κ1) is 19.8. The maximum Gasteiger partial charge on any atom is 0.339 e. The third-order valence-corrected chi connectivity index (χ3v) is 4.32. The molecule has 26 heavy (non-hydrogen) atoms. The highest BCUT2D eigenvalue weighted by atomic mass is 16.5. The molecule has 5 nitrogen and oxygen atoms in total. The summed E-state index contributed by atoms with van der Waals surface area (Å²) in [5.74, 6) is 0.362. The van der Waals surface area contributed by atoms with E-state index in [-0.39, 0.29) is 11.6 Å². The maximum absolute atomic E-state index is 11.8. The largest absolute Gasteiger partial charge is 0.493 e. The zero-order chi connectivity index (χ0) is 19.1. The van der Waals surface area contributed by atoms with E-state index in [9.17, 15) is 9.59 Å². The Balaban J connectivity index is 1.73. The first-order valence-corrected chi connectivity index (χ1v) is 8.89. The van der Waals surface area contributed by atoms with Crippen LogP contribution in [0.1, 0.15) is 43.7 Å². The Morgan fingerprint density at radius 3 is 2.46 bits per heavy atom. The fourth-order valence-corrected chi connectivity index (χ4v) is 2.55. The summed E-state index contributed by atoms with van der Waals surface area (Å²) in [5.41, 5.74) is 2.25. The number of ether oxygens (including phenoxy) is 2. The Labute approximate surface area is 153 Å². The molecule has 0 radical (unpaired) electrons. The van der Waals surface area contributed by atoms with Crippen molar-refractivity contribution in [3.05, 3.63) is 51.9 Å². The SMILES string of the molecule is C=C(C)C(=O)OCCCCCCOc1ccc2c(C)c(C)c(=O)oc2c1. The molecule has 0 N–H and O–H groups in total. The van der Waals surface area contributed by atoms with Gasteiger partial charge in [0.15, 0.2) is 0 Å². The van der Waals surface area contributed by atoms with Crippen LogP contribution in [0.5, 0.6) is 5.75 Å². The van der Waals surface area contributed by atoms with Gasteiger partial charge in [0.1, 0.15) is 11.3 Å². The van der Waals surface area contributed by atoms with E-state index in [4.69, 9.17) is 13.9 Å². The lowest BCUT2D eigenvalue weighted by atomic mass is 10.1. The van der Waals surface area contributed by atoms with Gasteiger partial charge in [0, 0.05) is 22.6 Å². The number of carbonyl (C=O) groups is 1. The molecule has 0 aliphatic heterocycles. The van der Waals surface area contributed by atoms with Crippen molar-refractivity contribution in [2.45, 2.75) is 46.5 Å². The minimum atomic E-state index is -0.332. The molecule has 2 aromatic rings. The highest BCUT2D eigenvalue weighted by Gasteiger charge is 2.08. The van der Waals surface area contributed by atoms with Crippen molar-refractivity contribution in [3.8, 4) is 5.75 Å². The summed E-state index contributed by atoms with van der Waals surface area (Å²) in [4.78, 5) is 23.0. The summed E-state index contributed by atoms with van der Waals surface area (Å²) < 4.78 is 16.1. The predicted octanol–water partition coefficient (Wildman–Crippen LogP) is 4.47. The molecule has 0 spiro atoms. The second-order valence-electron chi connectivity index (χ2n) is 6.48. The number of rotatable bonds is 9. The molecule has 1 heterocycles. The Kier molecular flexibility index (Phi) is 7.01. The molecular formula is C21H26O5. The quantitative estimate of drug-likeness (QED) is 0.286. The van der Waals surface area contributed by atoms with Gasteiger partial charge in [-0.1, -0.05) is 6.58 Å². The number of carbonyl (C=O) groups excluding carboxylic acids is 1. The van der Waals surface area contributed by atoms with Crippen molar-refractivity contribution in [3.63, 3.8) is 0 Å². The molecular weight excluding hydrogens is 332 g/mol. The van der Waals surface area contributed by atoms with Crippen LogP contribution in [0.2, 0.25) is 0 Å². The number of fused-ring (bicyclic) bond motifs is 1. The van der Waals surface area contributed by atoms with Gasteiger partial charge >= 0.3 is 11.6 Å². The predicted molar refractivity (Wildman–Crippen MR) is 102 cm³/mol. The molecule has 5 heteroatoms. The van der Waals surface area contributed by atoms with Crippen LogP contribution in [-0.4, -0.2) is 19.2 Å². The average molecular weight is 358 g/mol. The lowest BCUT2D eigenvalue weighted by molar-refractivity contribution is -0.139. The zero-order valence-corrected chi connectivity index (χ0v) is 15.7. The third-order valence-electron chi connectivity index (χ3n) is 4.32. The summed E-state index contributed by atoms with van der Waals surface area (Å²) in [5, 5.41) is 0.929. The second-order valence-corrected chi connectivity index (χ2v) is 6.48. The molecule has 1 aromatic heterocycles. The van der Waals surface area contributed by atoms with E-state index in [1.807, 2.05) is 19.1 Å². The van der Waals surface area contributed by atoms with E-state index in [1.54, 1.807) is 19.9 Å². The Morgan fingerprint density at radius 2 is 1.77 bits per heavy atom. The van der Waals surface area contributed by atoms with Crippen LogP contribution in [-0.2, 0) is 9.53 Å². The zero-order valence-electron chi connectivity index (χ0n) is 15.7. The van der Waals surface area contributed by atoms with Crippen molar-refractivity contribution >= 4 is 16.9 Å². The summed E-state index contributed by atoms with van der Waals surface area (Å²) >= 11 is 0. The molecule has 0 bridgehead atoms. The van der Waals surface area contributed by atoms with Crippen molar-refractivity contribution in [1.29, 1.82) is 0 Å². The van der Waals surface area contributed by atoms with Gasteiger partial charge in [-0.15, -0.1) is 0 Å². The maximum atomic E-state index is 11.8. The van der Waals surface area contributed by atoms with Crippen LogP contribution in [0.15, 0.2) is 39.6 Å². The molecule has 0 aliphatic carbocycles. The van der Waals surface area contributed by atoms with Crippen LogP contribution in [0.3, 0.4) is 0 Å². The molecule has 140 valence electrons. The summed E-state index contributed by atoms with van der Waals surface area (Å²) in [7, 11) is 0. The van der Waals surface area contributed by atoms with Crippen LogP contribution < -0.4 is 10.4 Å². The van der Waals surface area contributed by atoms with Crippen LogP contribution in [0.4, 0.5) is 0 Å². The summed E-state index contributed by atoms with van der Waals surface area (Å²) in [6.07, 6.45) is 3.70. The Hall–Kier alpha value is -2.56. The van der Waals surface area contributed by atoms with E-state index in [0.717, 1.165) is 36.6 Å². The Bertz CT molecular complexity index is 847. The topological polar surface area (TPSA) is 65.7 Å². The first-order valence-electron chi connectivity index (χ1n) is 8.89. The minimum Gasteiger partial charge on any atom is -0.493 e. The highest BCUT2D eigenvalue weighted by Crippen LogP contribution is 2.24. The lowest BCUT2D eigenvalue weighted by Crippen LogP contribution is -2.06. The number of esters is 1.